The number of alkyl halides is 3. The summed E-state index contributed by atoms with van der Waals surface area (Å²) in [6.07, 6.45) is -4.65. The Morgan fingerprint density at radius 2 is 2.00 bits per heavy atom. The fourth-order valence-corrected chi connectivity index (χ4v) is 1.03. The summed E-state index contributed by atoms with van der Waals surface area (Å²) in [5.74, 6) is 0. The summed E-state index contributed by atoms with van der Waals surface area (Å²) < 4.78 is 36.6. The van der Waals surface area contributed by atoms with Crippen molar-refractivity contribution in [2.24, 2.45) is 0 Å². The van der Waals surface area contributed by atoms with Crippen LogP contribution in [0.1, 0.15) is 19.8 Å². The van der Waals surface area contributed by atoms with E-state index in [1.165, 1.54) is 6.92 Å². The van der Waals surface area contributed by atoms with E-state index in [-0.39, 0.29) is 19.4 Å². The molecule has 1 aliphatic rings. The molecule has 0 radical (unpaired) electrons. The first-order chi connectivity index (χ1) is 5.37. The molecule has 1 fully saturated rings. The highest BCUT2D eigenvalue weighted by Crippen LogP contribution is 2.48. The first kappa shape index (κ1) is 9.80. The number of halogens is 3. The van der Waals surface area contributed by atoms with E-state index >= 15 is 0 Å². The van der Waals surface area contributed by atoms with Crippen LogP contribution in [0.4, 0.5) is 13.2 Å². The Kier molecular flexibility index (Phi) is 2.35. The van der Waals surface area contributed by atoms with Gasteiger partial charge in [-0.15, -0.1) is 0 Å². The Balaban J connectivity index is 2.40. The van der Waals surface area contributed by atoms with Crippen LogP contribution in [0.2, 0.25) is 0 Å². The molecule has 72 valence electrons. The zero-order chi connectivity index (χ0) is 9.41. The predicted molar refractivity (Wildman–Crippen MR) is 37.7 cm³/mol. The maximum atomic E-state index is 12.2. The molecule has 0 aliphatic heterocycles. The molecular formula is C7H12F3NO. The Morgan fingerprint density at radius 3 is 2.25 bits per heavy atom. The van der Waals surface area contributed by atoms with Gasteiger partial charge in [0.2, 0.25) is 0 Å². The molecule has 1 saturated carbocycles. The minimum absolute atomic E-state index is 0.000486. The molecule has 0 aromatic carbocycles. The van der Waals surface area contributed by atoms with Crippen LogP contribution in [0.5, 0.6) is 0 Å². The van der Waals surface area contributed by atoms with Crippen molar-refractivity contribution >= 4 is 0 Å². The van der Waals surface area contributed by atoms with Gasteiger partial charge in [0, 0.05) is 6.54 Å². The summed E-state index contributed by atoms with van der Waals surface area (Å²) in [5, 5.41) is 11.1. The zero-order valence-corrected chi connectivity index (χ0v) is 6.78. The van der Waals surface area contributed by atoms with Crippen LogP contribution in [0, 0.1) is 0 Å². The van der Waals surface area contributed by atoms with Gasteiger partial charge in [-0.3, -0.25) is 0 Å². The topological polar surface area (TPSA) is 32.3 Å². The highest BCUT2D eigenvalue weighted by Gasteiger charge is 2.62. The lowest BCUT2D eigenvalue weighted by Crippen LogP contribution is -2.47. The second kappa shape index (κ2) is 2.88. The summed E-state index contributed by atoms with van der Waals surface area (Å²) in [7, 11) is 0. The van der Waals surface area contributed by atoms with E-state index in [2.05, 4.69) is 5.32 Å². The molecule has 2 N–H and O–H groups in total. The van der Waals surface area contributed by atoms with E-state index in [4.69, 9.17) is 5.11 Å². The lowest BCUT2D eigenvalue weighted by atomic mass is 10.2. The number of nitrogens with one attached hydrogen (secondary N) is 1. The quantitative estimate of drug-likeness (QED) is 0.685. The molecule has 2 nitrogen and oxygen atoms in total. The van der Waals surface area contributed by atoms with E-state index in [0.717, 1.165) is 0 Å². The van der Waals surface area contributed by atoms with Gasteiger partial charge >= 0.3 is 6.18 Å². The number of hydrogen-bond acceptors (Lipinski definition) is 2. The molecule has 1 rings (SSSR count). The molecule has 12 heavy (non-hydrogen) atoms. The Hall–Kier alpha value is -0.290. The highest BCUT2D eigenvalue weighted by atomic mass is 19.4. The third-order valence-electron chi connectivity index (χ3n) is 2.03. The molecule has 0 heterocycles. The van der Waals surface area contributed by atoms with Crippen molar-refractivity contribution in [1.82, 2.24) is 5.32 Å². The van der Waals surface area contributed by atoms with Gasteiger partial charge in [-0.1, -0.05) is 0 Å². The molecule has 1 atom stereocenters. The van der Waals surface area contributed by atoms with Gasteiger partial charge in [0.25, 0.3) is 0 Å². The fourth-order valence-electron chi connectivity index (χ4n) is 1.03. The normalized spacial score (nSPS) is 23.8. The molecule has 1 aliphatic carbocycles. The van der Waals surface area contributed by atoms with E-state index in [1.807, 2.05) is 0 Å². The monoisotopic (exact) mass is 183 g/mol. The number of β-amino-alcohol motifs (C(OH)–C–C–N with tert-alkyl or cyclic N) is 1. The van der Waals surface area contributed by atoms with Crippen LogP contribution >= 0.6 is 0 Å². The van der Waals surface area contributed by atoms with Crippen molar-refractivity contribution in [3.63, 3.8) is 0 Å². The Bertz CT molecular complexity index is 163. The predicted octanol–water partition coefficient (Wildman–Crippen LogP) is 1.05. The molecule has 0 unspecified atom stereocenters. The van der Waals surface area contributed by atoms with Crippen molar-refractivity contribution < 1.29 is 18.3 Å². The van der Waals surface area contributed by atoms with Crippen molar-refractivity contribution in [1.29, 1.82) is 0 Å². The third kappa shape index (κ3) is 1.90. The van der Waals surface area contributed by atoms with Crippen LogP contribution in [-0.4, -0.2) is 29.5 Å². The molecular weight excluding hydrogens is 171 g/mol. The summed E-state index contributed by atoms with van der Waals surface area (Å²) in [6.45, 7) is 1.46. The van der Waals surface area contributed by atoms with Gasteiger partial charge in [-0.25, -0.2) is 0 Å². The van der Waals surface area contributed by atoms with Crippen LogP contribution in [0.3, 0.4) is 0 Å². The summed E-state index contributed by atoms with van der Waals surface area (Å²) in [5.41, 5.74) is -1.69. The lowest BCUT2D eigenvalue weighted by Gasteiger charge is -2.21. The van der Waals surface area contributed by atoms with Crippen LogP contribution in [0.25, 0.3) is 0 Å². The maximum Gasteiger partial charge on any atom is 0.406 e. The Morgan fingerprint density at radius 1 is 1.50 bits per heavy atom. The number of aliphatic hydroxyl groups excluding tert-OH is 1. The van der Waals surface area contributed by atoms with Crippen LogP contribution < -0.4 is 5.32 Å². The molecule has 0 spiro atoms. The number of aliphatic hydroxyl groups is 1. The van der Waals surface area contributed by atoms with Gasteiger partial charge in [-0.2, -0.15) is 13.2 Å². The molecule has 0 bridgehead atoms. The number of rotatable bonds is 3. The van der Waals surface area contributed by atoms with Gasteiger partial charge in [0.1, 0.15) is 5.54 Å². The smallest absolute Gasteiger partial charge is 0.392 e. The van der Waals surface area contributed by atoms with Gasteiger partial charge in [0.05, 0.1) is 6.10 Å². The average molecular weight is 183 g/mol. The summed E-state index contributed by atoms with van der Waals surface area (Å²) in [6, 6.07) is 0. The van der Waals surface area contributed by atoms with Crippen molar-refractivity contribution in [3.05, 3.63) is 0 Å². The van der Waals surface area contributed by atoms with Crippen molar-refractivity contribution in [2.75, 3.05) is 6.54 Å². The van der Waals surface area contributed by atoms with E-state index in [0.29, 0.717) is 0 Å². The molecule has 0 aromatic heterocycles. The minimum Gasteiger partial charge on any atom is -0.392 e. The summed E-state index contributed by atoms with van der Waals surface area (Å²) >= 11 is 0. The average Bonchev–Trinajstić information content (AvgIpc) is 2.60. The molecule has 5 heteroatoms. The number of hydrogen-bond donors (Lipinski definition) is 2. The lowest BCUT2D eigenvalue weighted by molar-refractivity contribution is -0.166. The molecule has 0 saturated heterocycles. The first-order valence-electron chi connectivity index (χ1n) is 3.87. The fraction of sp³-hybridized carbons (Fsp3) is 1.00. The third-order valence-corrected chi connectivity index (χ3v) is 2.03. The SMILES string of the molecule is C[C@H](O)CNC1(C(F)(F)F)CC1. The summed E-state index contributed by atoms with van der Waals surface area (Å²) in [4.78, 5) is 0. The van der Waals surface area contributed by atoms with Gasteiger partial charge < -0.3 is 10.4 Å². The first-order valence-corrected chi connectivity index (χ1v) is 3.87. The highest BCUT2D eigenvalue weighted by molar-refractivity contribution is 5.07. The van der Waals surface area contributed by atoms with Crippen molar-refractivity contribution in [2.45, 2.75) is 37.6 Å². The van der Waals surface area contributed by atoms with E-state index in [9.17, 15) is 13.2 Å². The van der Waals surface area contributed by atoms with Gasteiger partial charge in [0.15, 0.2) is 0 Å². The van der Waals surface area contributed by atoms with E-state index < -0.39 is 17.8 Å². The Labute approximate surface area is 68.8 Å². The van der Waals surface area contributed by atoms with Crippen LogP contribution in [0.15, 0.2) is 0 Å². The van der Waals surface area contributed by atoms with Crippen molar-refractivity contribution in [3.8, 4) is 0 Å². The minimum atomic E-state index is -4.18. The molecule has 0 amide bonds. The molecule has 0 aromatic rings. The maximum absolute atomic E-state index is 12.2. The van der Waals surface area contributed by atoms with E-state index in [1.54, 1.807) is 0 Å². The largest absolute Gasteiger partial charge is 0.406 e. The standard InChI is InChI=1S/C7H12F3NO/c1-5(12)4-11-6(2-3-6)7(8,9)10/h5,11-12H,2-4H2,1H3/t5-/m0/s1. The zero-order valence-electron chi connectivity index (χ0n) is 6.78. The van der Waals surface area contributed by atoms with Gasteiger partial charge in [-0.05, 0) is 19.8 Å². The van der Waals surface area contributed by atoms with Crippen LogP contribution in [-0.2, 0) is 0 Å². The second-order valence-corrected chi connectivity index (χ2v) is 3.31. The second-order valence-electron chi connectivity index (χ2n) is 3.31.